The van der Waals surface area contributed by atoms with E-state index >= 15 is 0 Å². The molecule has 0 fully saturated rings. The van der Waals surface area contributed by atoms with Crippen molar-refractivity contribution in [3.63, 3.8) is 0 Å². The van der Waals surface area contributed by atoms with Crippen LogP contribution in [-0.4, -0.2) is 25.5 Å². The van der Waals surface area contributed by atoms with Gasteiger partial charge in [0, 0.05) is 25.2 Å². The van der Waals surface area contributed by atoms with E-state index in [4.69, 9.17) is 0 Å². The van der Waals surface area contributed by atoms with E-state index in [0.717, 1.165) is 17.0 Å². The Kier molecular flexibility index (Phi) is 4.09. The first-order valence-corrected chi connectivity index (χ1v) is 7.23. The lowest BCUT2D eigenvalue weighted by Gasteiger charge is -2.04. The Bertz CT molecular complexity index is 779. The van der Waals surface area contributed by atoms with Gasteiger partial charge in [-0.3, -0.25) is 9.20 Å². The van der Waals surface area contributed by atoms with Crippen molar-refractivity contribution >= 4 is 17.4 Å². The zero-order valence-corrected chi connectivity index (χ0v) is 12.4. The standard InChI is InChI=1S/C16H17N5O/c1-12-8-9-13(17-11-12)18-16(22)7-4-6-15-20-19-14-5-2-3-10-21(14)15/h2-3,5,8-11H,4,6-7H2,1H3,(H,17,18,22). The first-order chi connectivity index (χ1) is 10.7. The second-order valence-corrected chi connectivity index (χ2v) is 5.17. The number of fused-ring (bicyclic) bond motifs is 1. The number of carbonyl (C=O) groups excluding carboxylic acids is 1. The summed E-state index contributed by atoms with van der Waals surface area (Å²) >= 11 is 0. The highest BCUT2D eigenvalue weighted by atomic mass is 16.1. The Morgan fingerprint density at radius 2 is 2.14 bits per heavy atom. The van der Waals surface area contributed by atoms with Gasteiger partial charge in [-0.25, -0.2) is 4.98 Å². The lowest BCUT2D eigenvalue weighted by Crippen LogP contribution is -2.12. The molecule has 0 atom stereocenters. The van der Waals surface area contributed by atoms with E-state index in [1.807, 2.05) is 41.8 Å². The first-order valence-electron chi connectivity index (χ1n) is 7.23. The number of anilines is 1. The van der Waals surface area contributed by atoms with Crippen LogP contribution < -0.4 is 5.32 Å². The maximum atomic E-state index is 11.9. The number of nitrogens with zero attached hydrogens (tertiary/aromatic N) is 4. The molecule has 0 unspecified atom stereocenters. The summed E-state index contributed by atoms with van der Waals surface area (Å²) in [4.78, 5) is 16.1. The molecule has 0 spiro atoms. The fourth-order valence-electron chi connectivity index (χ4n) is 2.22. The molecule has 1 amide bonds. The van der Waals surface area contributed by atoms with E-state index in [0.29, 0.717) is 25.1 Å². The number of aromatic nitrogens is 4. The fourth-order valence-corrected chi connectivity index (χ4v) is 2.22. The van der Waals surface area contributed by atoms with Crippen LogP contribution in [0.5, 0.6) is 0 Å². The minimum atomic E-state index is -0.0369. The van der Waals surface area contributed by atoms with E-state index in [1.165, 1.54) is 0 Å². The van der Waals surface area contributed by atoms with Gasteiger partial charge in [-0.2, -0.15) is 0 Å². The Morgan fingerprint density at radius 3 is 2.95 bits per heavy atom. The molecule has 112 valence electrons. The highest BCUT2D eigenvalue weighted by molar-refractivity contribution is 5.89. The largest absolute Gasteiger partial charge is 0.311 e. The zero-order valence-electron chi connectivity index (χ0n) is 12.4. The molecule has 0 saturated carbocycles. The van der Waals surface area contributed by atoms with Gasteiger partial charge < -0.3 is 5.32 Å². The Hall–Kier alpha value is -2.76. The maximum absolute atomic E-state index is 11.9. The number of nitrogens with one attached hydrogen (secondary N) is 1. The van der Waals surface area contributed by atoms with Crippen molar-refractivity contribution in [3.8, 4) is 0 Å². The van der Waals surface area contributed by atoms with Crippen molar-refractivity contribution in [3.05, 3.63) is 54.1 Å². The molecular formula is C16H17N5O. The van der Waals surface area contributed by atoms with E-state index in [1.54, 1.807) is 12.3 Å². The first kappa shape index (κ1) is 14.2. The molecule has 0 saturated heterocycles. The number of carbonyl (C=O) groups is 1. The van der Waals surface area contributed by atoms with Gasteiger partial charge in [0.1, 0.15) is 11.6 Å². The van der Waals surface area contributed by atoms with E-state index in [2.05, 4.69) is 20.5 Å². The van der Waals surface area contributed by atoms with Crippen molar-refractivity contribution in [2.45, 2.75) is 26.2 Å². The quantitative estimate of drug-likeness (QED) is 0.784. The van der Waals surface area contributed by atoms with E-state index in [-0.39, 0.29) is 5.91 Å². The Labute approximate surface area is 128 Å². The highest BCUT2D eigenvalue weighted by Crippen LogP contribution is 2.08. The topological polar surface area (TPSA) is 72.2 Å². The van der Waals surface area contributed by atoms with Crippen molar-refractivity contribution in [1.29, 1.82) is 0 Å². The minimum absolute atomic E-state index is 0.0369. The summed E-state index contributed by atoms with van der Waals surface area (Å²) in [6, 6.07) is 9.50. The second-order valence-electron chi connectivity index (χ2n) is 5.17. The molecule has 0 aliphatic heterocycles. The van der Waals surface area contributed by atoms with Crippen molar-refractivity contribution in [1.82, 2.24) is 19.6 Å². The van der Waals surface area contributed by atoms with E-state index in [9.17, 15) is 4.79 Å². The summed E-state index contributed by atoms with van der Waals surface area (Å²) < 4.78 is 1.94. The highest BCUT2D eigenvalue weighted by Gasteiger charge is 2.07. The predicted molar refractivity (Wildman–Crippen MR) is 83.5 cm³/mol. The molecule has 3 rings (SSSR count). The Morgan fingerprint density at radius 1 is 1.23 bits per heavy atom. The van der Waals surface area contributed by atoms with Crippen LogP contribution in [0, 0.1) is 6.92 Å². The molecular weight excluding hydrogens is 278 g/mol. The maximum Gasteiger partial charge on any atom is 0.225 e. The Balaban J connectivity index is 1.52. The monoisotopic (exact) mass is 295 g/mol. The second kappa shape index (κ2) is 6.34. The van der Waals surface area contributed by atoms with Crippen LogP contribution in [0.25, 0.3) is 5.65 Å². The molecule has 6 heteroatoms. The lowest BCUT2D eigenvalue weighted by molar-refractivity contribution is -0.116. The molecule has 0 bridgehead atoms. The van der Waals surface area contributed by atoms with Crippen LogP contribution in [0.3, 0.4) is 0 Å². The molecule has 0 radical (unpaired) electrons. The SMILES string of the molecule is Cc1ccc(NC(=O)CCCc2nnc3ccccn23)nc1. The number of hydrogen-bond donors (Lipinski definition) is 1. The summed E-state index contributed by atoms with van der Waals surface area (Å²) in [5.74, 6) is 1.42. The predicted octanol–water partition coefficient (Wildman–Crippen LogP) is 2.39. The molecule has 1 N–H and O–H groups in total. The average Bonchev–Trinajstić information content (AvgIpc) is 2.93. The van der Waals surface area contributed by atoms with Crippen LogP contribution in [0.15, 0.2) is 42.7 Å². The normalized spacial score (nSPS) is 10.8. The third-order valence-electron chi connectivity index (χ3n) is 3.37. The van der Waals surface area contributed by atoms with Gasteiger partial charge in [0.15, 0.2) is 5.65 Å². The van der Waals surface area contributed by atoms with Crippen LogP contribution in [0.1, 0.15) is 24.2 Å². The van der Waals surface area contributed by atoms with E-state index < -0.39 is 0 Å². The van der Waals surface area contributed by atoms with Gasteiger partial charge in [-0.05, 0) is 37.1 Å². The smallest absolute Gasteiger partial charge is 0.225 e. The minimum Gasteiger partial charge on any atom is -0.311 e. The number of pyridine rings is 2. The molecule has 0 aliphatic carbocycles. The number of rotatable bonds is 5. The average molecular weight is 295 g/mol. The van der Waals surface area contributed by atoms with Crippen LogP contribution >= 0.6 is 0 Å². The molecule has 3 aromatic rings. The van der Waals surface area contributed by atoms with Crippen molar-refractivity contribution in [2.75, 3.05) is 5.32 Å². The molecule has 0 aromatic carbocycles. The summed E-state index contributed by atoms with van der Waals surface area (Å²) in [6.07, 6.45) is 5.52. The third kappa shape index (κ3) is 3.28. The summed E-state index contributed by atoms with van der Waals surface area (Å²) in [5, 5.41) is 11.0. The number of amides is 1. The molecule has 3 heterocycles. The fraction of sp³-hybridized carbons (Fsp3) is 0.250. The van der Waals surface area contributed by atoms with Crippen LogP contribution in [0.2, 0.25) is 0 Å². The summed E-state index contributed by atoms with van der Waals surface area (Å²) in [6.45, 7) is 1.96. The lowest BCUT2D eigenvalue weighted by atomic mass is 10.2. The zero-order chi connectivity index (χ0) is 15.4. The molecule has 3 aromatic heterocycles. The van der Waals surface area contributed by atoms with Crippen LogP contribution in [-0.2, 0) is 11.2 Å². The molecule has 22 heavy (non-hydrogen) atoms. The molecule has 0 aliphatic rings. The van der Waals surface area contributed by atoms with Gasteiger partial charge in [-0.1, -0.05) is 12.1 Å². The van der Waals surface area contributed by atoms with Gasteiger partial charge in [0.25, 0.3) is 0 Å². The number of hydrogen-bond acceptors (Lipinski definition) is 4. The summed E-state index contributed by atoms with van der Waals surface area (Å²) in [7, 11) is 0. The van der Waals surface area contributed by atoms with Crippen LogP contribution in [0.4, 0.5) is 5.82 Å². The van der Waals surface area contributed by atoms with Crippen molar-refractivity contribution in [2.24, 2.45) is 0 Å². The van der Waals surface area contributed by atoms with Gasteiger partial charge in [0.2, 0.25) is 5.91 Å². The molecule has 6 nitrogen and oxygen atoms in total. The summed E-state index contributed by atoms with van der Waals surface area (Å²) in [5.41, 5.74) is 1.89. The number of aryl methyl sites for hydroxylation is 2. The third-order valence-corrected chi connectivity index (χ3v) is 3.37. The van der Waals surface area contributed by atoms with Crippen molar-refractivity contribution < 1.29 is 4.79 Å². The van der Waals surface area contributed by atoms with Gasteiger partial charge in [0.05, 0.1) is 0 Å². The van der Waals surface area contributed by atoms with Gasteiger partial charge >= 0.3 is 0 Å². The van der Waals surface area contributed by atoms with Gasteiger partial charge in [-0.15, -0.1) is 10.2 Å².